The molecular weight excluding hydrogens is 554 g/mol. The minimum absolute atomic E-state index is 0.0239. The molecule has 0 heterocycles. The molecule has 0 spiro atoms. The van der Waals surface area contributed by atoms with Crippen molar-refractivity contribution >= 4 is 15.2 Å². The number of benzene rings is 2. The van der Waals surface area contributed by atoms with Crippen molar-refractivity contribution in [1.82, 2.24) is 10.6 Å². The molecule has 0 aromatic heterocycles. The Hall–Kier alpha value is -1.74. The molecule has 1 saturated carbocycles. The van der Waals surface area contributed by atoms with Crippen molar-refractivity contribution in [3.8, 4) is 11.5 Å². The topological polar surface area (TPSA) is 136 Å². The van der Waals surface area contributed by atoms with E-state index in [1.807, 2.05) is 0 Å². The van der Waals surface area contributed by atoms with Gasteiger partial charge in [-0.25, -0.2) is 0 Å². The molecule has 4 atom stereocenters. The van der Waals surface area contributed by atoms with E-state index in [9.17, 15) is 19.3 Å². The Morgan fingerprint density at radius 1 is 0.675 bits per heavy atom. The van der Waals surface area contributed by atoms with Gasteiger partial charge >= 0.3 is 15.2 Å². The molecule has 0 unspecified atom stereocenters. The third kappa shape index (κ3) is 7.96. The van der Waals surface area contributed by atoms with Crippen LogP contribution in [0.5, 0.6) is 11.5 Å². The van der Waals surface area contributed by atoms with Gasteiger partial charge in [0.2, 0.25) is 0 Å². The van der Waals surface area contributed by atoms with Crippen LogP contribution in [0.4, 0.5) is 0 Å². The highest BCUT2D eigenvalue weighted by Crippen LogP contribution is 2.62. The summed E-state index contributed by atoms with van der Waals surface area (Å²) in [6, 6.07) is 12.8. The Balaban J connectivity index is 2.03. The molecule has 2 aromatic rings. The van der Waals surface area contributed by atoms with E-state index in [2.05, 4.69) is 10.6 Å². The van der Waals surface area contributed by atoms with Gasteiger partial charge in [-0.2, -0.15) is 0 Å². The lowest BCUT2D eigenvalue weighted by Crippen LogP contribution is -2.51. The molecule has 4 N–H and O–H groups in total. The predicted molar refractivity (Wildman–Crippen MR) is 156 cm³/mol. The van der Waals surface area contributed by atoms with Gasteiger partial charge in [0, 0.05) is 23.2 Å². The predicted octanol–water partition coefficient (Wildman–Crippen LogP) is 6.82. The van der Waals surface area contributed by atoms with Crippen molar-refractivity contribution in [2.45, 2.75) is 77.0 Å². The number of nitrogens with one attached hydrogen (secondary N) is 2. The zero-order chi connectivity index (χ0) is 29.2. The van der Waals surface area contributed by atoms with E-state index in [1.165, 1.54) is 12.1 Å². The fraction of sp³-hybridized carbons (Fsp3) is 0.571. The van der Waals surface area contributed by atoms with Gasteiger partial charge in [-0.15, -0.1) is 0 Å². The monoisotopic (exact) mass is 598 g/mol. The van der Waals surface area contributed by atoms with E-state index in [4.69, 9.17) is 18.1 Å². The molecule has 10 nitrogen and oxygen atoms in total. The van der Waals surface area contributed by atoms with Crippen LogP contribution in [-0.2, 0) is 27.2 Å². The maximum Gasteiger partial charge on any atom is 0.352 e. The Bertz CT molecular complexity index is 1060. The van der Waals surface area contributed by atoms with Crippen LogP contribution in [0, 0.1) is 0 Å². The SMILES string of the molecule is CCOP(=O)(OCC)[C@@H](N[C@@H]1CCCC[C@H]1N[C@@H](c1ccccc1O)P(=O)(OCC)OCC)c1ccccc1O. The van der Waals surface area contributed by atoms with Crippen molar-refractivity contribution in [2.24, 2.45) is 0 Å². The zero-order valence-electron chi connectivity index (χ0n) is 23.8. The van der Waals surface area contributed by atoms with Gasteiger partial charge in [0.25, 0.3) is 0 Å². The van der Waals surface area contributed by atoms with Crippen molar-refractivity contribution in [3.63, 3.8) is 0 Å². The first-order valence-electron chi connectivity index (χ1n) is 14.1. The van der Waals surface area contributed by atoms with E-state index in [0.717, 1.165) is 12.8 Å². The molecule has 1 fully saturated rings. The van der Waals surface area contributed by atoms with Crippen LogP contribution >= 0.6 is 15.2 Å². The molecule has 1 aliphatic carbocycles. The summed E-state index contributed by atoms with van der Waals surface area (Å²) in [4.78, 5) is 0. The molecular formula is C28H44N2O8P2. The number of hydrogen-bond acceptors (Lipinski definition) is 10. The minimum atomic E-state index is -3.77. The molecule has 12 heteroatoms. The fourth-order valence-corrected chi connectivity index (χ4v) is 9.22. The standard InChI is InChI=1S/C28H44N2O8P2/c1-5-35-39(33,36-6-2)27(21-15-9-13-19-25(21)31)29-23-17-11-12-18-24(23)30-28(22-16-10-14-20-26(22)32)40(34,37-7-3)38-8-4/h9-10,13-16,19-20,23-24,27-32H,5-8,11-12,17-18H2,1-4H3/t23-,24-,27-,28-/m1/s1. The summed E-state index contributed by atoms with van der Waals surface area (Å²) in [5.74, 6) is -1.95. The average Bonchev–Trinajstić information content (AvgIpc) is 2.92. The summed E-state index contributed by atoms with van der Waals surface area (Å²) in [6.07, 6.45) is 3.24. The third-order valence-electron chi connectivity index (χ3n) is 6.84. The van der Waals surface area contributed by atoms with Crippen molar-refractivity contribution in [1.29, 1.82) is 0 Å². The second kappa shape index (κ2) is 15.5. The summed E-state index contributed by atoms with van der Waals surface area (Å²) < 4.78 is 51.1. The second-order valence-electron chi connectivity index (χ2n) is 9.50. The van der Waals surface area contributed by atoms with Crippen LogP contribution in [0.25, 0.3) is 0 Å². The highest BCUT2D eigenvalue weighted by molar-refractivity contribution is 7.54. The summed E-state index contributed by atoms with van der Waals surface area (Å²) in [5, 5.41) is 28.5. The Morgan fingerprint density at radius 3 is 1.30 bits per heavy atom. The third-order valence-corrected chi connectivity index (χ3v) is 11.4. The highest BCUT2D eigenvalue weighted by Gasteiger charge is 2.44. The molecule has 40 heavy (non-hydrogen) atoms. The summed E-state index contributed by atoms with van der Waals surface area (Å²) in [6.45, 7) is 7.63. The first kappa shape index (κ1) is 32.8. The van der Waals surface area contributed by atoms with E-state index in [-0.39, 0.29) is 50.0 Å². The Labute approximate surface area is 237 Å². The van der Waals surface area contributed by atoms with Crippen molar-refractivity contribution < 1.29 is 37.4 Å². The van der Waals surface area contributed by atoms with Crippen LogP contribution in [0.2, 0.25) is 0 Å². The van der Waals surface area contributed by atoms with E-state index in [1.54, 1.807) is 64.1 Å². The summed E-state index contributed by atoms with van der Waals surface area (Å²) in [5.41, 5.74) is 0.812. The number of rotatable bonds is 16. The maximum absolute atomic E-state index is 14.1. The fourth-order valence-electron chi connectivity index (χ4n) is 5.17. The quantitative estimate of drug-likeness (QED) is 0.152. The van der Waals surface area contributed by atoms with Crippen LogP contribution < -0.4 is 10.6 Å². The number of phenolic OH excluding ortho intramolecular Hbond substituents is 2. The average molecular weight is 599 g/mol. The maximum atomic E-state index is 14.1. The minimum Gasteiger partial charge on any atom is -0.508 e. The Morgan fingerprint density at radius 2 is 1.00 bits per heavy atom. The van der Waals surface area contributed by atoms with Gasteiger partial charge in [-0.05, 0) is 52.7 Å². The van der Waals surface area contributed by atoms with E-state index < -0.39 is 26.8 Å². The van der Waals surface area contributed by atoms with Gasteiger partial charge in [0.1, 0.15) is 23.1 Å². The first-order chi connectivity index (χ1) is 19.2. The molecule has 0 amide bonds. The van der Waals surface area contributed by atoms with Crippen LogP contribution in [-0.4, -0.2) is 48.7 Å². The molecule has 0 radical (unpaired) electrons. The summed E-state index contributed by atoms with van der Waals surface area (Å²) in [7, 11) is -7.54. The van der Waals surface area contributed by atoms with Crippen LogP contribution in [0.1, 0.15) is 76.1 Å². The molecule has 224 valence electrons. The summed E-state index contributed by atoms with van der Waals surface area (Å²) >= 11 is 0. The molecule has 0 saturated heterocycles. The molecule has 1 aliphatic rings. The molecule has 0 bridgehead atoms. The Kier molecular flexibility index (Phi) is 12.7. The lowest BCUT2D eigenvalue weighted by Gasteiger charge is -2.40. The normalized spacial score (nSPS) is 19.8. The number of aromatic hydroxyl groups is 2. The van der Waals surface area contributed by atoms with E-state index in [0.29, 0.717) is 24.0 Å². The van der Waals surface area contributed by atoms with Gasteiger partial charge in [-0.1, -0.05) is 49.2 Å². The van der Waals surface area contributed by atoms with E-state index >= 15 is 0 Å². The van der Waals surface area contributed by atoms with Crippen LogP contribution in [0.15, 0.2) is 48.5 Å². The molecule has 2 aromatic carbocycles. The second-order valence-corrected chi connectivity index (χ2v) is 13.7. The first-order valence-corrected chi connectivity index (χ1v) is 17.3. The van der Waals surface area contributed by atoms with Gasteiger partial charge in [0.15, 0.2) is 0 Å². The number of phenols is 2. The van der Waals surface area contributed by atoms with Gasteiger partial charge in [0.05, 0.1) is 26.4 Å². The smallest absolute Gasteiger partial charge is 0.352 e. The number of hydrogen-bond donors (Lipinski definition) is 4. The van der Waals surface area contributed by atoms with Gasteiger partial charge in [-0.3, -0.25) is 19.8 Å². The number of para-hydroxylation sites is 2. The molecule has 0 aliphatic heterocycles. The van der Waals surface area contributed by atoms with Crippen molar-refractivity contribution in [3.05, 3.63) is 59.7 Å². The highest BCUT2D eigenvalue weighted by atomic mass is 31.2. The van der Waals surface area contributed by atoms with Crippen LogP contribution in [0.3, 0.4) is 0 Å². The molecule has 3 rings (SSSR count). The lowest BCUT2D eigenvalue weighted by atomic mass is 9.89. The largest absolute Gasteiger partial charge is 0.508 e. The van der Waals surface area contributed by atoms with Gasteiger partial charge < -0.3 is 28.3 Å². The zero-order valence-corrected chi connectivity index (χ0v) is 25.6. The van der Waals surface area contributed by atoms with Crippen molar-refractivity contribution in [2.75, 3.05) is 26.4 Å². The lowest BCUT2D eigenvalue weighted by molar-refractivity contribution is 0.186.